The first-order chi connectivity index (χ1) is 16.1. The van der Waals surface area contributed by atoms with E-state index in [-0.39, 0.29) is 11.9 Å². The van der Waals surface area contributed by atoms with E-state index in [1.54, 1.807) is 24.6 Å². The van der Waals surface area contributed by atoms with Crippen LogP contribution in [0.2, 0.25) is 0 Å². The van der Waals surface area contributed by atoms with E-state index in [2.05, 4.69) is 30.8 Å². The molecule has 0 unspecified atom stereocenters. The molecule has 1 aliphatic heterocycles. The van der Waals surface area contributed by atoms with Gasteiger partial charge >= 0.3 is 0 Å². The van der Waals surface area contributed by atoms with Gasteiger partial charge in [0.2, 0.25) is 0 Å². The van der Waals surface area contributed by atoms with Crippen LogP contribution in [0.15, 0.2) is 48.0 Å². The smallest absolute Gasteiger partial charge is 0.251 e. The summed E-state index contributed by atoms with van der Waals surface area (Å²) >= 11 is 1.72. The Labute approximate surface area is 196 Å². The first kappa shape index (κ1) is 21.6. The summed E-state index contributed by atoms with van der Waals surface area (Å²) in [6, 6.07) is 11.8. The van der Waals surface area contributed by atoms with Crippen LogP contribution in [0.4, 0.5) is 0 Å². The lowest BCUT2D eigenvalue weighted by Crippen LogP contribution is -2.47. The molecule has 4 heterocycles. The maximum absolute atomic E-state index is 13.1. The molecule has 1 aromatic carbocycles. The number of methoxy groups -OCH3 is 1. The van der Waals surface area contributed by atoms with Gasteiger partial charge in [-0.2, -0.15) is 5.10 Å². The van der Waals surface area contributed by atoms with Gasteiger partial charge in [0.25, 0.3) is 5.91 Å². The molecule has 1 atom stereocenters. The van der Waals surface area contributed by atoms with Gasteiger partial charge in [0.1, 0.15) is 11.4 Å². The van der Waals surface area contributed by atoms with Gasteiger partial charge in [0, 0.05) is 47.5 Å². The normalized spacial score (nSPS) is 16.7. The SMILES string of the molecule is COc1ccsc1CN1CCC[C@@H](NC(=O)c2ccc3[nH]nc(-c4ccnc(C)c4)c3c2)C1. The molecule has 3 aromatic heterocycles. The molecular weight excluding hydrogens is 434 g/mol. The van der Waals surface area contributed by atoms with Crippen molar-refractivity contribution in [1.82, 2.24) is 25.4 Å². The topological polar surface area (TPSA) is 83.1 Å². The first-order valence-corrected chi connectivity index (χ1v) is 12.0. The molecule has 1 fully saturated rings. The second-order valence-electron chi connectivity index (χ2n) is 8.48. The molecule has 1 aliphatic rings. The van der Waals surface area contributed by atoms with Crippen LogP contribution in [0.5, 0.6) is 5.75 Å². The summed E-state index contributed by atoms with van der Waals surface area (Å²) in [5.74, 6) is 0.898. The molecule has 5 rings (SSSR count). The van der Waals surface area contributed by atoms with Gasteiger partial charge < -0.3 is 10.1 Å². The number of likely N-dealkylation sites (tertiary alicyclic amines) is 1. The number of aromatic amines is 1. The number of carbonyl (C=O) groups is 1. The van der Waals surface area contributed by atoms with Crippen LogP contribution < -0.4 is 10.1 Å². The molecule has 170 valence electrons. The number of nitrogens with zero attached hydrogens (tertiary/aromatic N) is 3. The van der Waals surface area contributed by atoms with Crippen molar-refractivity contribution in [3.05, 3.63) is 64.1 Å². The Morgan fingerprint density at radius 1 is 1.30 bits per heavy atom. The Balaban J connectivity index is 1.30. The molecule has 0 saturated carbocycles. The Bertz CT molecular complexity index is 1280. The molecule has 7 nitrogen and oxygen atoms in total. The van der Waals surface area contributed by atoms with Gasteiger partial charge in [0.05, 0.1) is 17.5 Å². The number of H-pyrrole nitrogens is 1. The lowest BCUT2D eigenvalue weighted by atomic mass is 10.0. The van der Waals surface area contributed by atoms with Crippen molar-refractivity contribution >= 4 is 28.1 Å². The third-order valence-electron chi connectivity index (χ3n) is 6.13. The van der Waals surface area contributed by atoms with Gasteiger partial charge in [0.15, 0.2) is 0 Å². The average molecular weight is 462 g/mol. The molecule has 4 aromatic rings. The predicted molar refractivity (Wildman–Crippen MR) is 131 cm³/mol. The van der Waals surface area contributed by atoms with Crippen LogP contribution in [0, 0.1) is 6.92 Å². The maximum Gasteiger partial charge on any atom is 0.251 e. The lowest BCUT2D eigenvalue weighted by molar-refractivity contribution is 0.0901. The summed E-state index contributed by atoms with van der Waals surface area (Å²) in [6.07, 6.45) is 3.83. The number of ether oxygens (including phenoxy) is 1. The average Bonchev–Trinajstić information content (AvgIpc) is 3.45. The standard InChI is InChI=1S/C25H27N5O2S/c1-16-12-17(7-9-26-16)24-20-13-18(5-6-21(20)28-29-24)25(31)27-19-4-3-10-30(14-19)15-23-22(32-2)8-11-33-23/h5-9,11-13,19H,3-4,10,14-15H2,1-2H3,(H,27,31)(H,28,29)/t19-/m1/s1. The number of hydrogen-bond donors (Lipinski definition) is 2. The fourth-order valence-electron chi connectivity index (χ4n) is 4.48. The molecular formula is C25H27N5O2S. The minimum atomic E-state index is -0.0458. The summed E-state index contributed by atoms with van der Waals surface area (Å²) in [5.41, 5.74) is 4.30. The van der Waals surface area contributed by atoms with Crippen molar-refractivity contribution < 1.29 is 9.53 Å². The number of rotatable bonds is 6. The number of aromatic nitrogens is 3. The van der Waals surface area contributed by atoms with E-state index < -0.39 is 0 Å². The van der Waals surface area contributed by atoms with Crippen LogP contribution in [0.3, 0.4) is 0 Å². The first-order valence-electron chi connectivity index (χ1n) is 11.2. The number of aryl methyl sites for hydroxylation is 1. The lowest BCUT2D eigenvalue weighted by Gasteiger charge is -2.33. The number of nitrogens with one attached hydrogen (secondary N) is 2. The van der Waals surface area contributed by atoms with Crippen molar-refractivity contribution in [1.29, 1.82) is 0 Å². The van der Waals surface area contributed by atoms with E-state index in [0.29, 0.717) is 5.56 Å². The van der Waals surface area contributed by atoms with Crippen LogP contribution >= 0.6 is 11.3 Å². The second kappa shape index (κ2) is 9.33. The number of pyridine rings is 1. The zero-order valence-electron chi connectivity index (χ0n) is 18.8. The summed E-state index contributed by atoms with van der Waals surface area (Å²) in [4.78, 5) is 21.0. The van der Waals surface area contributed by atoms with E-state index in [9.17, 15) is 4.79 Å². The van der Waals surface area contributed by atoms with E-state index in [1.165, 1.54) is 4.88 Å². The number of piperidine rings is 1. The summed E-state index contributed by atoms with van der Waals surface area (Å²) in [5, 5.41) is 13.8. The van der Waals surface area contributed by atoms with Crippen LogP contribution in [-0.2, 0) is 6.54 Å². The second-order valence-corrected chi connectivity index (χ2v) is 9.48. The number of thiophene rings is 1. The molecule has 0 radical (unpaired) electrons. The minimum Gasteiger partial charge on any atom is -0.496 e. The van der Waals surface area contributed by atoms with Gasteiger partial charge in [-0.15, -0.1) is 11.3 Å². The Hall–Kier alpha value is -3.23. The third kappa shape index (κ3) is 4.62. The Kier molecular flexibility index (Phi) is 6.11. The predicted octanol–water partition coefficient (Wildman–Crippen LogP) is 4.40. The van der Waals surface area contributed by atoms with E-state index in [0.717, 1.165) is 66.1 Å². The quantitative estimate of drug-likeness (QED) is 0.445. The number of carbonyl (C=O) groups excluding carboxylic acids is 1. The maximum atomic E-state index is 13.1. The highest BCUT2D eigenvalue weighted by molar-refractivity contribution is 7.10. The molecule has 33 heavy (non-hydrogen) atoms. The fourth-order valence-corrected chi connectivity index (χ4v) is 5.36. The van der Waals surface area contributed by atoms with Crippen molar-refractivity contribution in [2.75, 3.05) is 20.2 Å². The zero-order chi connectivity index (χ0) is 22.8. The van der Waals surface area contributed by atoms with Crippen molar-refractivity contribution in [2.45, 2.75) is 32.4 Å². The van der Waals surface area contributed by atoms with Gasteiger partial charge in [-0.3, -0.25) is 19.8 Å². The summed E-state index contributed by atoms with van der Waals surface area (Å²) in [7, 11) is 1.71. The van der Waals surface area contributed by atoms with Gasteiger partial charge in [-0.05, 0) is 68.1 Å². The number of hydrogen-bond acceptors (Lipinski definition) is 6. The Morgan fingerprint density at radius 3 is 3.06 bits per heavy atom. The molecule has 0 aliphatic carbocycles. The highest BCUT2D eigenvalue weighted by atomic mass is 32.1. The highest BCUT2D eigenvalue weighted by Crippen LogP contribution is 2.28. The minimum absolute atomic E-state index is 0.0458. The van der Waals surface area contributed by atoms with Crippen molar-refractivity contribution in [2.24, 2.45) is 0 Å². The van der Waals surface area contributed by atoms with E-state index >= 15 is 0 Å². The number of fused-ring (bicyclic) bond motifs is 1. The third-order valence-corrected chi connectivity index (χ3v) is 7.01. The molecule has 0 bridgehead atoms. The van der Waals surface area contributed by atoms with Crippen LogP contribution in [0.25, 0.3) is 22.2 Å². The largest absolute Gasteiger partial charge is 0.496 e. The van der Waals surface area contributed by atoms with Crippen molar-refractivity contribution in [3.63, 3.8) is 0 Å². The van der Waals surface area contributed by atoms with E-state index in [4.69, 9.17) is 4.74 Å². The van der Waals surface area contributed by atoms with Crippen LogP contribution in [-0.4, -0.2) is 52.2 Å². The van der Waals surface area contributed by atoms with Gasteiger partial charge in [-0.25, -0.2) is 0 Å². The van der Waals surface area contributed by atoms with Crippen LogP contribution in [0.1, 0.15) is 33.8 Å². The number of benzene rings is 1. The monoisotopic (exact) mass is 461 g/mol. The molecule has 1 saturated heterocycles. The molecule has 0 spiro atoms. The highest BCUT2D eigenvalue weighted by Gasteiger charge is 2.23. The van der Waals surface area contributed by atoms with Gasteiger partial charge in [-0.1, -0.05) is 0 Å². The molecule has 2 N–H and O–H groups in total. The molecule has 1 amide bonds. The Morgan fingerprint density at radius 2 is 2.21 bits per heavy atom. The van der Waals surface area contributed by atoms with Crippen molar-refractivity contribution in [3.8, 4) is 17.0 Å². The zero-order valence-corrected chi connectivity index (χ0v) is 19.6. The number of amides is 1. The fraction of sp³-hybridized carbons (Fsp3) is 0.320. The summed E-state index contributed by atoms with van der Waals surface area (Å²) in [6.45, 7) is 4.67. The molecule has 8 heteroatoms. The summed E-state index contributed by atoms with van der Waals surface area (Å²) < 4.78 is 5.46. The van der Waals surface area contributed by atoms with E-state index in [1.807, 2.05) is 43.3 Å².